The van der Waals surface area contributed by atoms with Crippen molar-refractivity contribution in [3.8, 4) is 11.5 Å². The van der Waals surface area contributed by atoms with Crippen molar-refractivity contribution in [1.29, 1.82) is 0 Å². The number of hydrogen-bond donors (Lipinski definition) is 5. The fraction of sp³-hybridized carbons (Fsp3) is 0.556. The largest absolute Gasteiger partial charge is 0.493 e. The first-order valence-electron chi connectivity index (χ1n) is 13.3. The van der Waals surface area contributed by atoms with Crippen molar-refractivity contribution in [2.24, 2.45) is 0 Å². The van der Waals surface area contributed by atoms with E-state index in [-0.39, 0.29) is 18.5 Å². The molecule has 3 heterocycles. The molecule has 13 nitrogen and oxygen atoms in total. The van der Waals surface area contributed by atoms with Gasteiger partial charge in [-0.3, -0.25) is 14.5 Å². The molecule has 0 amide bonds. The van der Waals surface area contributed by atoms with Crippen LogP contribution in [0.25, 0.3) is 0 Å². The lowest BCUT2D eigenvalue weighted by Gasteiger charge is -2.31. The number of aliphatic hydroxyl groups is 1. The minimum absolute atomic E-state index is 0.0119. The molecule has 2 aromatic rings. The van der Waals surface area contributed by atoms with E-state index in [1.807, 2.05) is 18.2 Å². The molecule has 1 aromatic carbocycles. The highest BCUT2D eigenvalue weighted by molar-refractivity contribution is 5.88. The van der Waals surface area contributed by atoms with E-state index in [9.17, 15) is 27.6 Å². The van der Waals surface area contributed by atoms with Crippen molar-refractivity contribution in [1.82, 2.24) is 14.7 Å². The van der Waals surface area contributed by atoms with E-state index < -0.39 is 48.6 Å². The van der Waals surface area contributed by atoms with Gasteiger partial charge in [-0.15, -0.1) is 0 Å². The molecule has 2 aliphatic heterocycles. The molecule has 43 heavy (non-hydrogen) atoms. The molecule has 0 aliphatic carbocycles. The van der Waals surface area contributed by atoms with Crippen LogP contribution in [0.15, 0.2) is 24.3 Å². The Labute approximate surface area is 244 Å². The van der Waals surface area contributed by atoms with Crippen molar-refractivity contribution in [3.63, 3.8) is 0 Å². The molecule has 2 aliphatic rings. The van der Waals surface area contributed by atoms with Crippen molar-refractivity contribution in [2.45, 2.75) is 75.5 Å². The summed E-state index contributed by atoms with van der Waals surface area (Å²) in [7, 11) is 3.19. The molecule has 238 valence electrons. The van der Waals surface area contributed by atoms with Crippen LogP contribution in [0, 0.1) is 0 Å². The standard InChI is InChI=1S/C21H27F3N4O2.C6H8O7/c1-13-9-19(21(22,23)24)28-20(25-13)11-15(26-28)16-5-4-8-27(16)12-14-6-7-17(29-2)18(10-14)30-3;7-3(8)1-6(13,5(11)12)2-4(9)10/h6-7,10-11,13,16,19,25H,4-5,8-9,12H2,1-3H3;13H,1-2H2,(H,7,8)(H,9,10)(H,11,12)/t13-,16?,19-;/m1./s1. The van der Waals surface area contributed by atoms with E-state index in [0.717, 1.165) is 29.6 Å². The van der Waals surface area contributed by atoms with E-state index >= 15 is 0 Å². The van der Waals surface area contributed by atoms with E-state index in [4.69, 9.17) is 29.9 Å². The summed E-state index contributed by atoms with van der Waals surface area (Å²) < 4.78 is 52.5. The van der Waals surface area contributed by atoms with Crippen LogP contribution >= 0.6 is 0 Å². The third-order valence-electron chi connectivity index (χ3n) is 7.22. The Morgan fingerprint density at radius 3 is 2.21 bits per heavy atom. The second-order valence-electron chi connectivity index (χ2n) is 10.5. The van der Waals surface area contributed by atoms with Crippen molar-refractivity contribution >= 4 is 23.7 Å². The number of hydrogen-bond acceptors (Lipinski definition) is 9. The molecule has 0 radical (unpaired) electrons. The maximum atomic E-state index is 13.6. The molecule has 3 atom stereocenters. The average Bonchev–Trinajstić information content (AvgIpc) is 3.53. The van der Waals surface area contributed by atoms with E-state index in [1.165, 1.54) is 0 Å². The van der Waals surface area contributed by atoms with Crippen molar-refractivity contribution < 1.29 is 57.5 Å². The highest BCUT2D eigenvalue weighted by Gasteiger charge is 2.46. The molecule has 5 N–H and O–H groups in total. The second kappa shape index (κ2) is 13.5. The second-order valence-corrected chi connectivity index (χ2v) is 10.5. The van der Waals surface area contributed by atoms with Gasteiger partial charge in [0.15, 0.2) is 23.1 Å². The normalized spacial score (nSPS) is 20.3. The van der Waals surface area contributed by atoms with Crippen LogP contribution in [-0.4, -0.2) is 91.6 Å². The van der Waals surface area contributed by atoms with Gasteiger partial charge in [0.1, 0.15) is 5.82 Å². The number of methoxy groups -OCH3 is 2. The zero-order valence-electron chi connectivity index (χ0n) is 23.8. The SMILES string of the molecule is COc1ccc(CN2CCCC2c2cc3n(n2)[C@@H](C(F)(F)F)C[C@@H](C)N3)cc1OC.O=C(O)CC(O)(CC(=O)O)C(=O)O. The number of halogens is 3. The van der Waals surface area contributed by atoms with E-state index in [2.05, 4.69) is 15.3 Å². The lowest BCUT2D eigenvalue weighted by Crippen LogP contribution is -2.42. The predicted molar refractivity (Wildman–Crippen MR) is 144 cm³/mol. The lowest BCUT2D eigenvalue weighted by atomic mass is 9.96. The van der Waals surface area contributed by atoms with Gasteiger partial charge < -0.3 is 35.2 Å². The number of fused-ring (bicyclic) bond motifs is 1. The maximum Gasteiger partial charge on any atom is 0.410 e. The summed E-state index contributed by atoms with van der Waals surface area (Å²) in [6.07, 6.45) is -4.77. The molecule has 0 bridgehead atoms. The number of likely N-dealkylation sites (tertiary alicyclic amines) is 1. The number of carbonyl (C=O) groups is 3. The molecular formula is C27H35F3N4O9. The van der Waals surface area contributed by atoms with Crippen LogP contribution in [-0.2, 0) is 20.9 Å². The first kappa shape index (κ1) is 33.5. The van der Waals surface area contributed by atoms with E-state index in [1.54, 1.807) is 27.2 Å². The van der Waals surface area contributed by atoms with Gasteiger partial charge in [-0.25, -0.2) is 9.48 Å². The maximum absolute atomic E-state index is 13.6. The summed E-state index contributed by atoms with van der Waals surface area (Å²) >= 11 is 0. The molecule has 0 spiro atoms. The van der Waals surface area contributed by atoms with Gasteiger partial charge in [0.05, 0.1) is 38.8 Å². The van der Waals surface area contributed by atoms with Gasteiger partial charge in [-0.2, -0.15) is 18.3 Å². The van der Waals surface area contributed by atoms with Gasteiger partial charge in [0.2, 0.25) is 0 Å². The number of nitrogens with one attached hydrogen (secondary N) is 1. The van der Waals surface area contributed by atoms with Crippen LogP contribution in [0.5, 0.6) is 11.5 Å². The molecule has 1 aromatic heterocycles. The average molecular weight is 617 g/mol. The monoisotopic (exact) mass is 616 g/mol. The minimum atomic E-state index is -4.32. The predicted octanol–water partition coefficient (Wildman–Crippen LogP) is 3.30. The number of carboxylic acid groups (broad SMARTS) is 3. The molecule has 4 rings (SSSR count). The number of rotatable bonds is 10. The van der Waals surface area contributed by atoms with Crippen LogP contribution in [0.3, 0.4) is 0 Å². The number of anilines is 1. The van der Waals surface area contributed by atoms with Gasteiger partial charge in [-0.05, 0) is 50.4 Å². The first-order valence-corrected chi connectivity index (χ1v) is 13.3. The number of ether oxygens (including phenoxy) is 2. The molecule has 1 unspecified atom stereocenters. The Morgan fingerprint density at radius 1 is 1.05 bits per heavy atom. The lowest BCUT2D eigenvalue weighted by molar-refractivity contribution is -0.173. The van der Waals surface area contributed by atoms with Crippen molar-refractivity contribution in [2.75, 3.05) is 26.1 Å². The van der Waals surface area contributed by atoms with Crippen LogP contribution in [0.2, 0.25) is 0 Å². The fourth-order valence-electron chi connectivity index (χ4n) is 5.22. The minimum Gasteiger partial charge on any atom is -0.493 e. The number of aliphatic carboxylic acids is 3. The summed E-state index contributed by atoms with van der Waals surface area (Å²) in [4.78, 5) is 32.8. The Balaban J connectivity index is 0.000000331. The van der Waals surface area contributed by atoms with Gasteiger partial charge in [-0.1, -0.05) is 6.07 Å². The number of alkyl halides is 3. The molecular weight excluding hydrogens is 581 g/mol. The van der Waals surface area contributed by atoms with Crippen LogP contribution < -0.4 is 14.8 Å². The number of carboxylic acids is 3. The number of aromatic nitrogens is 2. The Bertz CT molecular complexity index is 1300. The van der Waals surface area contributed by atoms with Gasteiger partial charge >= 0.3 is 24.1 Å². The number of benzene rings is 1. The zero-order chi connectivity index (χ0) is 32.1. The summed E-state index contributed by atoms with van der Waals surface area (Å²) in [6, 6.07) is 5.73. The first-order chi connectivity index (χ1) is 20.1. The summed E-state index contributed by atoms with van der Waals surface area (Å²) in [6.45, 7) is 3.31. The smallest absolute Gasteiger partial charge is 0.410 e. The van der Waals surface area contributed by atoms with E-state index in [0.29, 0.717) is 29.6 Å². The Morgan fingerprint density at radius 2 is 1.67 bits per heavy atom. The highest BCUT2D eigenvalue weighted by atomic mass is 19.4. The Hall–Kier alpha value is -4.05. The molecule has 1 fully saturated rings. The molecule has 0 saturated carbocycles. The van der Waals surface area contributed by atoms with Gasteiger partial charge in [0, 0.05) is 18.7 Å². The Kier molecular flexibility index (Phi) is 10.5. The third-order valence-corrected chi connectivity index (χ3v) is 7.22. The summed E-state index contributed by atoms with van der Waals surface area (Å²) in [5.41, 5.74) is -0.986. The molecule has 1 saturated heterocycles. The number of nitrogens with zero attached hydrogens (tertiary/aromatic N) is 3. The van der Waals surface area contributed by atoms with Crippen LogP contribution in [0.1, 0.15) is 62.4 Å². The third kappa shape index (κ3) is 8.28. The van der Waals surface area contributed by atoms with Crippen LogP contribution in [0.4, 0.5) is 19.0 Å². The van der Waals surface area contributed by atoms with Gasteiger partial charge in [0.25, 0.3) is 0 Å². The highest BCUT2D eigenvalue weighted by Crippen LogP contribution is 2.42. The topological polar surface area (TPSA) is 184 Å². The fourth-order valence-corrected chi connectivity index (χ4v) is 5.22. The van der Waals surface area contributed by atoms with Crippen molar-refractivity contribution in [3.05, 3.63) is 35.5 Å². The summed E-state index contributed by atoms with van der Waals surface area (Å²) in [5, 5.41) is 41.4. The summed E-state index contributed by atoms with van der Waals surface area (Å²) in [5.74, 6) is -3.24. The molecule has 16 heteroatoms. The quantitative estimate of drug-likeness (QED) is 0.263. The zero-order valence-corrected chi connectivity index (χ0v) is 23.8.